The zero-order valence-corrected chi connectivity index (χ0v) is 17.0. The molecule has 12 heteroatoms. The molecule has 31 heavy (non-hydrogen) atoms. The van der Waals surface area contributed by atoms with Gasteiger partial charge in [-0.05, 0) is 19.1 Å². The molecule has 3 aromatic rings. The Balaban J connectivity index is 2.02. The summed E-state index contributed by atoms with van der Waals surface area (Å²) >= 11 is 0.865. The molecule has 2 aromatic heterocycles. The van der Waals surface area contributed by atoms with Gasteiger partial charge in [0.1, 0.15) is 34.4 Å². The first-order valence-electron chi connectivity index (χ1n) is 8.67. The Morgan fingerprint density at radius 3 is 2.61 bits per heavy atom. The lowest BCUT2D eigenvalue weighted by molar-refractivity contribution is -0.730. The van der Waals surface area contributed by atoms with Crippen LogP contribution in [0.2, 0.25) is 0 Å². The van der Waals surface area contributed by atoms with Gasteiger partial charge in [-0.2, -0.15) is 10.5 Å². The number of aromatic nitrogens is 3. The van der Waals surface area contributed by atoms with Crippen molar-refractivity contribution in [2.24, 2.45) is 7.05 Å². The predicted molar refractivity (Wildman–Crippen MR) is 105 cm³/mol. The van der Waals surface area contributed by atoms with Crippen molar-refractivity contribution in [3.8, 4) is 29.3 Å². The molecule has 0 bridgehead atoms. The monoisotopic (exact) mass is 439 g/mol. The number of nitrogens with zero attached hydrogens (tertiary/aromatic N) is 5. The summed E-state index contributed by atoms with van der Waals surface area (Å²) in [7, 11) is 1.40. The van der Waals surface area contributed by atoms with Crippen LogP contribution in [0.3, 0.4) is 0 Å². The number of benzene rings is 1. The third-order valence-electron chi connectivity index (χ3n) is 4.20. The fraction of sp³-hybridized carbons (Fsp3) is 0.158. The third kappa shape index (κ3) is 4.10. The fourth-order valence-electron chi connectivity index (χ4n) is 2.72. The van der Waals surface area contributed by atoms with Crippen molar-refractivity contribution < 1.29 is 23.5 Å². The number of nitrogens with two attached hydrogens (primary N) is 1. The molecule has 0 fully saturated rings. The van der Waals surface area contributed by atoms with Gasteiger partial charge in [0.2, 0.25) is 5.91 Å². The van der Waals surface area contributed by atoms with E-state index in [4.69, 9.17) is 5.73 Å². The molecule has 0 aliphatic heterocycles. The second-order valence-electron chi connectivity index (χ2n) is 6.21. The minimum atomic E-state index is -0.873. The summed E-state index contributed by atoms with van der Waals surface area (Å²) in [6.45, 7) is 1.52. The molecule has 0 aliphatic carbocycles. The number of amides is 1. The molecular weight excluding hydrogens is 425 g/mol. The summed E-state index contributed by atoms with van der Waals surface area (Å²) in [5, 5.41) is 36.5. The van der Waals surface area contributed by atoms with Gasteiger partial charge in [0.05, 0.1) is 27.3 Å². The largest absolute Gasteiger partial charge is 0.539 e. The van der Waals surface area contributed by atoms with E-state index in [0.717, 1.165) is 16.4 Å². The Morgan fingerprint density at radius 1 is 1.35 bits per heavy atom. The second kappa shape index (κ2) is 8.69. The van der Waals surface area contributed by atoms with Crippen LogP contribution in [0.4, 0.5) is 15.9 Å². The standard InChI is InChI=1S/C19H14FN7O3S/c1-9(17(28)24-13-6-4-3-5-12(13)20)31-18-11(8-22)14(10(7-21)16(23)25-18)15-19(29)30-26-27(15)2/h3-6,9H,1-2H3,(H3-,23,24,25,26,28,29). The molecule has 0 saturated heterocycles. The van der Waals surface area contributed by atoms with E-state index in [1.165, 1.54) is 32.2 Å². The van der Waals surface area contributed by atoms with E-state index in [-0.39, 0.29) is 38.9 Å². The lowest BCUT2D eigenvalue weighted by Gasteiger charge is -2.15. The Bertz CT molecular complexity index is 1240. The summed E-state index contributed by atoms with van der Waals surface area (Å²) in [6, 6.07) is 9.41. The van der Waals surface area contributed by atoms with Crippen molar-refractivity contribution in [3.05, 3.63) is 41.2 Å². The molecule has 1 amide bonds. The van der Waals surface area contributed by atoms with Gasteiger partial charge in [0, 0.05) is 0 Å². The molecule has 3 rings (SSSR count). The molecule has 10 nitrogen and oxygen atoms in total. The maximum Gasteiger partial charge on any atom is 0.266 e. The third-order valence-corrected chi connectivity index (χ3v) is 5.29. The van der Waals surface area contributed by atoms with Gasteiger partial charge in [-0.15, -0.1) is 0 Å². The van der Waals surface area contributed by atoms with Crippen molar-refractivity contribution in [2.75, 3.05) is 11.1 Å². The number of hydrogen-bond acceptors (Lipinski definition) is 9. The van der Waals surface area contributed by atoms with Crippen LogP contribution in [0.15, 0.2) is 33.8 Å². The summed E-state index contributed by atoms with van der Waals surface area (Å²) in [5.74, 6) is -2.26. The van der Waals surface area contributed by atoms with E-state index in [2.05, 4.69) is 20.1 Å². The number of para-hydroxylation sites is 1. The summed E-state index contributed by atoms with van der Waals surface area (Å²) in [4.78, 5) is 16.6. The van der Waals surface area contributed by atoms with Gasteiger partial charge in [-0.1, -0.05) is 28.6 Å². The van der Waals surface area contributed by atoms with E-state index >= 15 is 0 Å². The SMILES string of the molecule is CC(Sc1nc(N)c(C#N)c(-c2c([O-])on[n+]2C)c1C#N)C(=O)Nc1ccccc1F. The van der Waals surface area contributed by atoms with Gasteiger partial charge in [0.25, 0.3) is 5.69 Å². The smallest absolute Gasteiger partial charge is 0.266 e. The first kappa shape index (κ1) is 21.5. The van der Waals surface area contributed by atoms with Gasteiger partial charge >= 0.3 is 0 Å². The van der Waals surface area contributed by atoms with Crippen molar-refractivity contribution in [2.45, 2.75) is 17.2 Å². The molecule has 0 aliphatic rings. The minimum Gasteiger partial charge on any atom is -0.539 e. The highest BCUT2D eigenvalue weighted by molar-refractivity contribution is 8.00. The quantitative estimate of drug-likeness (QED) is 0.438. The van der Waals surface area contributed by atoms with E-state index < -0.39 is 22.9 Å². The zero-order valence-electron chi connectivity index (χ0n) is 16.2. The van der Waals surface area contributed by atoms with E-state index in [9.17, 15) is 24.8 Å². The molecule has 156 valence electrons. The van der Waals surface area contributed by atoms with Crippen LogP contribution >= 0.6 is 11.8 Å². The van der Waals surface area contributed by atoms with Crippen LogP contribution in [0.5, 0.6) is 5.95 Å². The van der Waals surface area contributed by atoms with Crippen LogP contribution < -0.4 is 20.8 Å². The maximum atomic E-state index is 13.8. The number of nitrogens with one attached hydrogen (secondary N) is 1. The van der Waals surface area contributed by atoms with Crippen LogP contribution in [0.1, 0.15) is 18.1 Å². The zero-order chi connectivity index (χ0) is 22.7. The molecule has 1 aromatic carbocycles. The molecule has 1 atom stereocenters. The average molecular weight is 439 g/mol. The number of nitriles is 2. The number of aryl methyl sites for hydroxylation is 1. The number of pyridine rings is 1. The molecule has 0 saturated carbocycles. The Kier molecular flexibility index (Phi) is 6.04. The summed E-state index contributed by atoms with van der Waals surface area (Å²) < 4.78 is 19.5. The predicted octanol–water partition coefficient (Wildman–Crippen LogP) is 1.22. The highest BCUT2D eigenvalue weighted by atomic mass is 32.2. The highest BCUT2D eigenvalue weighted by Crippen LogP contribution is 2.38. The number of hydrogen-bond donors (Lipinski definition) is 2. The van der Waals surface area contributed by atoms with E-state index in [1.54, 1.807) is 6.07 Å². The Morgan fingerprint density at radius 2 is 2.03 bits per heavy atom. The number of nitrogen functional groups attached to an aromatic ring is 1. The van der Waals surface area contributed by atoms with E-state index in [0.29, 0.717) is 0 Å². The Labute approximate surface area is 179 Å². The first-order chi connectivity index (χ1) is 14.8. The normalized spacial score (nSPS) is 11.4. The number of halogens is 1. The Hall–Kier alpha value is -4.16. The van der Waals surface area contributed by atoms with Crippen molar-refractivity contribution in [1.82, 2.24) is 10.3 Å². The second-order valence-corrected chi connectivity index (χ2v) is 7.54. The van der Waals surface area contributed by atoms with Gasteiger partial charge in [-0.3, -0.25) is 4.79 Å². The number of carbonyl (C=O) groups is 1. The van der Waals surface area contributed by atoms with Crippen molar-refractivity contribution in [3.63, 3.8) is 0 Å². The average Bonchev–Trinajstić information content (AvgIpc) is 3.07. The molecule has 0 radical (unpaired) electrons. The maximum absolute atomic E-state index is 13.8. The number of thioether (sulfide) groups is 1. The molecule has 0 spiro atoms. The molecule has 3 N–H and O–H groups in total. The first-order valence-corrected chi connectivity index (χ1v) is 9.55. The lowest BCUT2D eigenvalue weighted by atomic mass is 10.0. The minimum absolute atomic E-state index is 0.000871. The van der Waals surface area contributed by atoms with Crippen LogP contribution in [-0.2, 0) is 11.8 Å². The number of rotatable bonds is 5. The van der Waals surface area contributed by atoms with Crippen molar-refractivity contribution in [1.29, 1.82) is 10.5 Å². The fourth-order valence-corrected chi connectivity index (χ4v) is 3.63. The molecular formula is C19H14FN7O3S. The van der Waals surface area contributed by atoms with Crippen LogP contribution in [0.25, 0.3) is 11.3 Å². The number of carbonyl (C=O) groups excluding carboxylic acids is 1. The van der Waals surface area contributed by atoms with Crippen LogP contribution in [0, 0.1) is 28.5 Å². The topological polar surface area (TPSA) is 169 Å². The summed E-state index contributed by atoms with van der Waals surface area (Å²) in [6.07, 6.45) is 0. The van der Waals surface area contributed by atoms with Gasteiger partial charge in [0.15, 0.2) is 13.0 Å². The highest BCUT2D eigenvalue weighted by Gasteiger charge is 2.30. The molecule has 1 unspecified atom stereocenters. The lowest BCUT2D eigenvalue weighted by Crippen LogP contribution is -2.32. The van der Waals surface area contributed by atoms with Crippen LogP contribution in [-0.4, -0.2) is 21.4 Å². The van der Waals surface area contributed by atoms with Crippen molar-refractivity contribution >= 4 is 29.2 Å². The number of anilines is 2. The van der Waals surface area contributed by atoms with Gasteiger partial charge < -0.3 is 20.7 Å². The van der Waals surface area contributed by atoms with E-state index in [1.807, 2.05) is 12.1 Å². The molecule has 2 heterocycles. The summed E-state index contributed by atoms with van der Waals surface area (Å²) in [5.41, 5.74) is 5.31. The van der Waals surface area contributed by atoms with Gasteiger partial charge in [-0.25, -0.2) is 9.37 Å².